The van der Waals surface area contributed by atoms with E-state index in [1.54, 1.807) is 6.07 Å². The quantitative estimate of drug-likeness (QED) is 0.898. The number of carbonyl (C=O) groups is 2. The third-order valence-corrected chi connectivity index (χ3v) is 5.18. The standard InChI is InChI=1S/C16H19N3O3S/c1-8(2)11-7-10(19-22-11)15(21)18-16-13(14(17)20)9-5-3-4-6-12(9)23-16/h7-8H,3-6H2,1-2H3,(H2,17,20)(H,18,21). The van der Waals surface area contributed by atoms with Gasteiger partial charge in [0.15, 0.2) is 5.69 Å². The number of hydrogen-bond donors (Lipinski definition) is 2. The number of aryl methyl sites for hydroxylation is 1. The number of anilines is 1. The Labute approximate surface area is 138 Å². The van der Waals surface area contributed by atoms with Gasteiger partial charge in [0.1, 0.15) is 10.8 Å². The van der Waals surface area contributed by atoms with Crippen LogP contribution in [0.2, 0.25) is 0 Å². The first-order valence-corrected chi connectivity index (χ1v) is 8.51. The largest absolute Gasteiger partial charge is 0.365 e. The lowest BCUT2D eigenvalue weighted by molar-refractivity contribution is 0.100. The SMILES string of the molecule is CC(C)c1cc(C(=O)Nc2sc3c(c2C(N)=O)CCCC3)no1. The molecule has 2 aromatic heterocycles. The van der Waals surface area contributed by atoms with E-state index in [2.05, 4.69) is 10.5 Å². The molecule has 0 aliphatic heterocycles. The number of primary amides is 1. The van der Waals surface area contributed by atoms with Crippen molar-refractivity contribution in [2.24, 2.45) is 5.73 Å². The second kappa shape index (κ2) is 6.16. The Bertz CT molecular complexity index is 761. The summed E-state index contributed by atoms with van der Waals surface area (Å²) in [6.45, 7) is 3.92. The number of fused-ring (bicyclic) bond motifs is 1. The Balaban J connectivity index is 1.88. The van der Waals surface area contributed by atoms with E-state index < -0.39 is 5.91 Å². The first kappa shape index (κ1) is 15.7. The van der Waals surface area contributed by atoms with Crippen molar-refractivity contribution in [1.82, 2.24) is 5.16 Å². The van der Waals surface area contributed by atoms with Gasteiger partial charge in [-0.15, -0.1) is 11.3 Å². The number of rotatable bonds is 4. The van der Waals surface area contributed by atoms with Crippen LogP contribution in [0.25, 0.3) is 0 Å². The smallest absolute Gasteiger partial charge is 0.278 e. The van der Waals surface area contributed by atoms with Crippen LogP contribution in [0.4, 0.5) is 5.00 Å². The van der Waals surface area contributed by atoms with E-state index in [1.807, 2.05) is 13.8 Å². The van der Waals surface area contributed by atoms with Crippen LogP contribution < -0.4 is 11.1 Å². The summed E-state index contributed by atoms with van der Waals surface area (Å²) >= 11 is 1.44. The molecule has 1 aliphatic carbocycles. The van der Waals surface area contributed by atoms with E-state index in [0.29, 0.717) is 16.3 Å². The molecule has 122 valence electrons. The lowest BCUT2D eigenvalue weighted by Crippen LogP contribution is -2.18. The minimum atomic E-state index is -0.497. The summed E-state index contributed by atoms with van der Waals surface area (Å²) in [7, 11) is 0. The molecule has 0 bridgehead atoms. The lowest BCUT2D eigenvalue weighted by atomic mass is 9.95. The fraction of sp³-hybridized carbons (Fsp3) is 0.438. The van der Waals surface area contributed by atoms with E-state index in [0.717, 1.165) is 36.1 Å². The Morgan fingerprint density at radius 2 is 2.09 bits per heavy atom. The van der Waals surface area contributed by atoms with Crippen molar-refractivity contribution >= 4 is 28.2 Å². The molecule has 7 heteroatoms. The van der Waals surface area contributed by atoms with Gasteiger partial charge in [0.05, 0.1) is 5.56 Å². The molecular weight excluding hydrogens is 314 g/mol. The van der Waals surface area contributed by atoms with Gasteiger partial charge in [-0.3, -0.25) is 9.59 Å². The number of carbonyl (C=O) groups excluding carboxylic acids is 2. The molecule has 0 unspecified atom stereocenters. The highest BCUT2D eigenvalue weighted by atomic mass is 32.1. The predicted octanol–water partition coefficient (Wildman–Crippen LogP) is 3.09. The maximum absolute atomic E-state index is 12.4. The second-order valence-corrected chi connectivity index (χ2v) is 7.11. The van der Waals surface area contributed by atoms with E-state index in [4.69, 9.17) is 10.3 Å². The van der Waals surface area contributed by atoms with Gasteiger partial charge in [0.2, 0.25) is 0 Å². The van der Waals surface area contributed by atoms with E-state index in [-0.39, 0.29) is 17.5 Å². The van der Waals surface area contributed by atoms with Crippen molar-refractivity contribution in [2.75, 3.05) is 5.32 Å². The molecule has 0 atom stereocenters. The van der Waals surface area contributed by atoms with Gasteiger partial charge < -0.3 is 15.6 Å². The fourth-order valence-corrected chi connectivity index (χ4v) is 4.04. The fourth-order valence-electron chi connectivity index (χ4n) is 2.75. The first-order valence-electron chi connectivity index (χ1n) is 7.69. The van der Waals surface area contributed by atoms with Gasteiger partial charge in [-0.1, -0.05) is 19.0 Å². The Kier molecular flexibility index (Phi) is 4.21. The molecular formula is C16H19N3O3S. The third kappa shape index (κ3) is 3.01. The van der Waals surface area contributed by atoms with Crippen LogP contribution >= 0.6 is 11.3 Å². The molecule has 0 spiro atoms. The molecule has 2 aromatic rings. The number of thiophene rings is 1. The summed E-state index contributed by atoms with van der Waals surface area (Å²) in [5.41, 5.74) is 7.17. The molecule has 6 nitrogen and oxygen atoms in total. The van der Waals surface area contributed by atoms with Crippen LogP contribution in [0.3, 0.4) is 0 Å². The van der Waals surface area contributed by atoms with Crippen molar-refractivity contribution in [2.45, 2.75) is 45.4 Å². The molecule has 3 N–H and O–H groups in total. The second-order valence-electron chi connectivity index (χ2n) is 6.00. The molecule has 2 amide bonds. The maximum atomic E-state index is 12.4. The van der Waals surface area contributed by atoms with Crippen LogP contribution in [0.15, 0.2) is 10.6 Å². The molecule has 2 heterocycles. The molecule has 23 heavy (non-hydrogen) atoms. The van der Waals surface area contributed by atoms with E-state index in [9.17, 15) is 9.59 Å². The van der Waals surface area contributed by atoms with Crippen molar-refractivity contribution in [1.29, 1.82) is 0 Å². The molecule has 1 aliphatic rings. The molecule has 0 fully saturated rings. The van der Waals surface area contributed by atoms with E-state index in [1.165, 1.54) is 11.3 Å². The monoisotopic (exact) mass is 333 g/mol. The van der Waals surface area contributed by atoms with Gasteiger partial charge in [0.25, 0.3) is 11.8 Å². The predicted molar refractivity (Wildman–Crippen MR) is 88.0 cm³/mol. The molecule has 0 saturated heterocycles. The Hall–Kier alpha value is -2.15. The zero-order valence-corrected chi connectivity index (χ0v) is 14.0. The number of hydrogen-bond acceptors (Lipinski definition) is 5. The van der Waals surface area contributed by atoms with Crippen LogP contribution in [0.5, 0.6) is 0 Å². The maximum Gasteiger partial charge on any atom is 0.278 e. The highest BCUT2D eigenvalue weighted by Gasteiger charge is 2.26. The zero-order valence-electron chi connectivity index (χ0n) is 13.1. The van der Waals surface area contributed by atoms with Crippen LogP contribution in [0, 0.1) is 0 Å². The topological polar surface area (TPSA) is 98.2 Å². The number of aromatic nitrogens is 1. The van der Waals surface area contributed by atoms with Crippen LogP contribution in [0.1, 0.15) is 69.7 Å². The van der Waals surface area contributed by atoms with Gasteiger partial charge in [-0.2, -0.15) is 0 Å². The summed E-state index contributed by atoms with van der Waals surface area (Å²) in [4.78, 5) is 25.3. The van der Waals surface area contributed by atoms with Gasteiger partial charge >= 0.3 is 0 Å². The average Bonchev–Trinajstić information content (AvgIpc) is 3.11. The van der Waals surface area contributed by atoms with E-state index >= 15 is 0 Å². The zero-order chi connectivity index (χ0) is 16.6. The summed E-state index contributed by atoms with van der Waals surface area (Å²) < 4.78 is 5.14. The van der Waals surface area contributed by atoms with Gasteiger partial charge in [0, 0.05) is 16.9 Å². The normalized spacial score (nSPS) is 13.9. The van der Waals surface area contributed by atoms with Crippen molar-refractivity contribution in [3.8, 4) is 0 Å². The molecule has 0 saturated carbocycles. The van der Waals surface area contributed by atoms with Gasteiger partial charge in [-0.05, 0) is 31.2 Å². The highest BCUT2D eigenvalue weighted by molar-refractivity contribution is 7.17. The number of amides is 2. The number of nitrogens with two attached hydrogens (primary N) is 1. The summed E-state index contributed by atoms with van der Waals surface area (Å²) in [6.07, 6.45) is 3.90. The Morgan fingerprint density at radius 3 is 2.74 bits per heavy atom. The average molecular weight is 333 g/mol. The molecule has 0 aromatic carbocycles. The van der Waals surface area contributed by atoms with Crippen LogP contribution in [-0.2, 0) is 12.8 Å². The van der Waals surface area contributed by atoms with Crippen molar-refractivity contribution in [3.05, 3.63) is 33.5 Å². The lowest BCUT2D eigenvalue weighted by Gasteiger charge is -2.11. The first-order chi connectivity index (χ1) is 11.0. The highest BCUT2D eigenvalue weighted by Crippen LogP contribution is 2.38. The Morgan fingerprint density at radius 1 is 1.35 bits per heavy atom. The van der Waals surface area contributed by atoms with Crippen molar-refractivity contribution in [3.63, 3.8) is 0 Å². The van der Waals surface area contributed by atoms with Crippen LogP contribution in [-0.4, -0.2) is 17.0 Å². The van der Waals surface area contributed by atoms with Gasteiger partial charge in [-0.25, -0.2) is 0 Å². The minimum absolute atomic E-state index is 0.152. The number of nitrogens with one attached hydrogen (secondary N) is 1. The third-order valence-electron chi connectivity index (χ3n) is 3.97. The summed E-state index contributed by atoms with van der Waals surface area (Å²) in [5.74, 6) is -0.0838. The molecule has 0 radical (unpaired) electrons. The van der Waals surface area contributed by atoms with Crippen molar-refractivity contribution < 1.29 is 14.1 Å². The number of nitrogens with zero attached hydrogens (tertiary/aromatic N) is 1. The summed E-state index contributed by atoms with van der Waals surface area (Å²) in [6, 6.07) is 1.62. The summed E-state index contributed by atoms with van der Waals surface area (Å²) in [5, 5.41) is 7.08. The minimum Gasteiger partial charge on any atom is -0.365 e. The molecule has 3 rings (SSSR count).